The normalized spacial score (nSPS) is 14.9. The van der Waals surface area contributed by atoms with E-state index in [4.69, 9.17) is 0 Å². The number of aryl methyl sites for hydroxylation is 2. The third kappa shape index (κ3) is 19.5. The molecular weight excluding hydrogens is 1250 g/mol. The molecule has 0 bridgehead atoms. The van der Waals surface area contributed by atoms with Gasteiger partial charge in [-0.15, -0.1) is 0 Å². The van der Waals surface area contributed by atoms with Crippen molar-refractivity contribution in [2.45, 2.75) is 6.42 Å². The van der Waals surface area contributed by atoms with Crippen LogP contribution in [0.2, 0.25) is 0 Å². The van der Waals surface area contributed by atoms with Crippen LogP contribution in [0.1, 0.15) is 39.9 Å². The van der Waals surface area contributed by atoms with Crippen LogP contribution in [-0.4, -0.2) is 97.2 Å². The molecule has 2 aliphatic carbocycles. The highest BCUT2D eigenvalue weighted by atomic mass is 33.1. The minimum absolute atomic E-state index is 0.840. The van der Waals surface area contributed by atoms with E-state index in [2.05, 4.69) is 374 Å². The Morgan fingerprint density at radius 3 is 1.75 bits per heavy atom. The van der Waals surface area contributed by atoms with Crippen LogP contribution in [0, 0.1) is 0 Å². The molecule has 0 fully saturated rings. The van der Waals surface area contributed by atoms with Gasteiger partial charge in [-0.3, -0.25) is 0 Å². The number of pyridine rings is 2. The number of para-hydroxylation sites is 4. The Labute approximate surface area is 587 Å². The van der Waals surface area contributed by atoms with Crippen LogP contribution in [0.5, 0.6) is 0 Å². The number of nitrogens with two attached hydrogens (primary N) is 1. The largest absolute Gasteiger partial charge is 0.374 e. The van der Waals surface area contributed by atoms with Crippen molar-refractivity contribution in [2.24, 2.45) is 14.1 Å². The van der Waals surface area contributed by atoms with Gasteiger partial charge in [-0.1, -0.05) is 201 Å². The van der Waals surface area contributed by atoms with Gasteiger partial charge >= 0.3 is 0 Å². The van der Waals surface area contributed by atoms with E-state index >= 15 is 0 Å². The number of fused-ring (bicyclic) bond motifs is 2. The number of quaternary nitrogens is 1. The molecule has 6 aromatic carbocycles. The number of nitrogens with one attached hydrogen (secondary N) is 1. The number of rotatable bonds is 30. The molecule has 10 rings (SSSR count). The Bertz CT molecular complexity index is 4370. The summed E-state index contributed by atoms with van der Waals surface area (Å²) >= 11 is 0. The lowest BCUT2D eigenvalue weighted by atomic mass is 9.87. The van der Waals surface area contributed by atoms with Crippen LogP contribution in [0.15, 0.2) is 277 Å². The average molecular weight is 1340 g/mol. The monoisotopic (exact) mass is 1340 g/mol. The molecule has 8 aromatic rings. The Kier molecular flexibility index (Phi) is 26.6. The van der Waals surface area contributed by atoms with E-state index in [9.17, 15) is 0 Å². The van der Waals surface area contributed by atoms with Gasteiger partial charge in [-0.2, -0.15) is 4.57 Å². The van der Waals surface area contributed by atoms with Gasteiger partial charge in [0.2, 0.25) is 22.4 Å². The molecule has 0 radical (unpaired) electrons. The topological polar surface area (TPSA) is 51.3 Å². The quantitative estimate of drug-likeness (QED) is 0.0200. The first-order valence-corrected chi connectivity index (χ1v) is 38.1. The van der Waals surface area contributed by atoms with Gasteiger partial charge in [-0.05, 0) is 136 Å². The van der Waals surface area contributed by atoms with E-state index in [1.807, 2.05) is 50.2 Å². The number of aromatic nitrogens is 2. The molecule has 0 amide bonds. The predicted molar refractivity (Wildman–Crippen MR) is 427 cm³/mol. The SMILES string of the molecule is C[NH+]=C1C(C2=CC/C(=C(\C=C/[NH2+]C)/C=C/c3ccc(N(C)CCSSCCN(C)c4ccc(/C=C/c5cc[n+](C)c6ccccc56)cc4)cc3)C=C2)=CC=C/C1=C/C=C/C=C/c1ccccc1N(C)CCSSCCN(C)c1ccccc1/C=C/c1ccc2ccccc2[n+]1C. The minimum Gasteiger partial charge on any atom is -0.374 e. The maximum absolute atomic E-state index is 3.53. The molecule has 0 unspecified atom stereocenters. The third-order valence-electron chi connectivity index (χ3n) is 17.4. The third-order valence-corrected chi connectivity index (χ3v) is 22.1. The summed E-state index contributed by atoms with van der Waals surface area (Å²) in [5.74, 6) is 4.19. The van der Waals surface area contributed by atoms with Crippen molar-refractivity contribution >= 4 is 130 Å². The summed E-state index contributed by atoms with van der Waals surface area (Å²) < 4.78 is 4.43. The van der Waals surface area contributed by atoms with Gasteiger partial charge in [0, 0.05) is 141 Å². The summed E-state index contributed by atoms with van der Waals surface area (Å²) in [6, 6.07) is 58.9. The zero-order valence-corrected chi connectivity index (χ0v) is 60.2. The van der Waals surface area contributed by atoms with E-state index < -0.39 is 0 Å². The predicted octanol–water partition coefficient (Wildman–Crippen LogP) is 15.6. The van der Waals surface area contributed by atoms with E-state index in [0.717, 1.165) is 66.9 Å². The molecule has 0 aliphatic heterocycles. The fourth-order valence-corrected chi connectivity index (χ4v) is 15.9. The van der Waals surface area contributed by atoms with Gasteiger partial charge in [0.25, 0.3) is 0 Å². The van der Waals surface area contributed by atoms with Crippen LogP contribution in [0.3, 0.4) is 0 Å². The smallest absolute Gasteiger partial charge is 0.213 e. The molecule has 12 heteroatoms. The highest BCUT2D eigenvalue weighted by Gasteiger charge is 2.22. The van der Waals surface area contributed by atoms with E-state index in [1.54, 1.807) is 0 Å². The molecule has 2 aliphatic rings. The lowest BCUT2D eigenvalue weighted by Crippen LogP contribution is -2.72. The zero-order chi connectivity index (χ0) is 66.9. The Balaban J connectivity index is 0.638. The molecule has 0 saturated heterocycles. The van der Waals surface area contributed by atoms with Crippen LogP contribution >= 0.6 is 43.2 Å². The Morgan fingerprint density at radius 1 is 0.531 bits per heavy atom. The van der Waals surface area contributed by atoms with E-state index in [-0.39, 0.29) is 0 Å². The second kappa shape index (κ2) is 36.4. The summed E-state index contributed by atoms with van der Waals surface area (Å²) in [7, 11) is 24.9. The fourth-order valence-electron chi connectivity index (χ4n) is 11.7. The maximum Gasteiger partial charge on any atom is 0.213 e. The number of allylic oxidation sites excluding steroid dienone is 17. The molecular formula is C84H92N8S4+4. The highest BCUT2D eigenvalue weighted by Crippen LogP contribution is 2.31. The molecule has 2 heterocycles. The summed E-state index contributed by atoms with van der Waals surface area (Å²) in [5, 5.41) is 4.60. The summed E-state index contributed by atoms with van der Waals surface area (Å²) in [6.45, 7) is 3.91. The van der Waals surface area contributed by atoms with Crippen molar-refractivity contribution in [3.63, 3.8) is 0 Å². The first-order chi connectivity index (χ1) is 47.0. The lowest BCUT2D eigenvalue weighted by Gasteiger charge is -2.22. The van der Waals surface area contributed by atoms with Crippen LogP contribution in [0.4, 0.5) is 22.7 Å². The Morgan fingerprint density at radius 2 is 1.11 bits per heavy atom. The van der Waals surface area contributed by atoms with Crippen molar-refractivity contribution in [1.82, 2.24) is 0 Å². The Hall–Kier alpha value is -8.75. The number of hydrogen-bond acceptors (Lipinski definition) is 8. The first kappa shape index (κ1) is 70.1. The van der Waals surface area contributed by atoms with Crippen molar-refractivity contribution in [3.8, 4) is 0 Å². The van der Waals surface area contributed by atoms with E-state index in [0.29, 0.717) is 0 Å². The average Bonchev–Trinajstić information content (AvgIpc) is 0.872. The molecule has 0 spiro atoms. The molecule has 0 saturated carbocycles. The minimum atomic E-state index is 0.840. The van der Waals surface area contributed by atoms with Gasteiger partial charge in [0.05, 0.1) is 24.2 Å². The standard InChI is InChI=1S/C84H90N8S4/c1-85-55-53-68(39-33-65-35-47-75(48-36-65)87(3)57-61-93-94-62-58-88(4)76-49-37-66(38-50-76)34-40-70-54-56-89(5)83-32-19-15-27-78(70)83)67-41-43-69(44-42-67)79-28-20-26-74(84(79)86-2)25-11-9-10-21-71-22-12-16-29-80(71)90(6)59-63-95-96-64-60-91(7)81-30-17-13-23-72(81)45-51-77-52-46-73-24-14-18-31-82(73)92(77)8/h9-41,43-56,85H,42,57-64H2,1-8H3/q+2/p+2/b11-9+,21-10+,39-33+,55-53-,68-67-,74-25-,86-84?. The zero-order valence-electron chi connectivity index (χ0n) is 56.9. The van der Waals surface area contributed by atoms with Crippen molar-refractivity contribution in [2.75, 3.05) is 111 Å². The first-order valence-electron chi connectivity index (χ1n) is 33.1. The van der Waals surface area contributed by atoms with Crippen molar-refractivity contribution in [3.05, 3.63) is 310 Å². The van der Waals surface area contributed by atoms with Crippen LogP contribution < -0.4 is 39.0 Å². The molecule has 488 valence electrons. The summed E-state index contributed by atoms with van der Waals surface area (Å²) in [4.78, 5) is 13.0. The van der Waals surface area contributed by atoms with E-state index in [1.165, 1.54) is 100 Å². The van der Waals surface area contributed by atoms with Crippen LogP contribution in [-0.2, 0) is 14.1 Å². The fraction of sp³-hybridized carbons (Fsp3) is 0.202. The highest BCUT2D eigenvalue weighted by molar-refractivity contribution is 8.77. The lowest BCUT2D eigenvalue weighted by molar-refractivity contribution is -0.646. The summed E-state index contributed by atoms with van der Waals surface area (Å²) in [5.41, 5.74) is 21.8. The number of hydrogen-bond donors (Lipinski definition) is 2. The molecule has 0 atom stereocenters. The second-order valence-corrected chi connectivity index (χ2v) is 29.3. The van der Waals surface area contributed by atoms with Gasteiger partial charge in [0.1, 0.15) is 21.1 Å². The number of anilines is 4. The summed E-state index contributed by atoms with van der Waals surface area (Å²) in [6.07, 6.45) is 45.0. The number of nitrogens with zero attached hydrogens (tertiary/aromatic N) is 6. The van der Waals surface area contributed by atoms with Crippen molar-refractivity contribution in [1.29, 1.82) is 0 Å². The van der Waals surface area contributed by atoms with Gasteiger partial charge in [-0.25, -0.2) is 9.56 Å². The number of benzene rings is 6. The molecule has 3 N–H and O–H groups in total. The molecule has 8 nitrogen and oxygen atoms in total. The molecule has 2 aromatic heterocycles. The van der Waals surface area contributed by atoms with Crippen molar-refractivity contribution < 1.29 is 19.4 Å². The second-order valence-electron chi connectivity index (χ2n) is 23.9. The molecule has 96 heavy (non-hydrogen) atoms. The van der Waals surface area contributed by atoms with Gasteiger partial charge in [0.15, 0.2) is 6.20 Å². The van der Waals surface area contributed by atoms with Gasteiger partial charge < -0.3 is 24.9 Å². The van der Waals surface area contributed by atoms with Crippen LogP contribution in [0.25, 0.3) is 58.3 Å². The maximum atomic E-state index is 3.53.